The van der Waals surface area contributed by atoms with Crippen LogP contribution in [-0.2, 0) is 4.79 Å². The molecule has 1 aromatic heterocycles. The SMILES string of the molecule is CC(C)C[C@@H](NC(=O)c1ccc2nccnc2c1)C(=O)O. The Balaban J connectivity index is 2.19. The van der Waals surface area contributed by atoms with Crippen molar-refractivity contribution in [2.45, 2.75) is 26.3 Å². The zero-order chi connectivity index (χ0) is 15.4. The van der Waals surface area contributed by atoms with Crippen molar-refractivity contribution in [1.82, 2.24) is 15.3 Å². The average Bonchev–Trinajstić information content (AvgIpc) is 2.45. The van der Waals surface area contributed by atoms with Gasteiger partial charge in [-0.3, -0.25) is 14.8 Å². The molecule has 0 bridgehead atoms. The van der Waals surface area contributed by atoms with E-state index in [9.17, 15) is 9.59 Å². The number of nitrogens with one attached hydrogen (secondary N) is 1. The molecule has 0 saturated carbocycles. The molecule has 2 rings (SSSR count). The lowest BCUT2D eigenvalue weighted by Crippen LogP contribution is -2.41. The van der Waals surface area contributed by atoms with Gasteiger partial charge in [0, 0.05) is 18.0 Å². The zero-order valence-electron chi connectivity index (χ0n) is 11.9. The highest BCUT2D eigenvalue weighted by Gasteiger charge is 2.21. The van der Waals surface area contributed by atoms with Crippen LogP contribution >= 0.6 is 0 Å². The van der Waals surface area contributed by atoms with Crippen LogP contribution in [0.5, 0.6) is 0 Å². The lowest BCUT2D eigenvalue weighted by molar-refractivity contribution is -0.139. The minimum absolute atomic E-state index is 0.175. The van der Waals surface area contributed by atoms with Crippen LogP contribution < -0.4 is 5.32 Å². The first-order valence-electron chi connectivity index (χ1n) is 6.72. The summed E-state index contributed by atoms with van der Waals surface area (Å²) in [6.45, 7) is 3.82. The summed E-state index contributed by atoms with van der Waals surface area (Å²) in [6, 6.07) is 4.01. The number of rotatable bonds is 5. The molecule has 6 heteroatoms. The van der Waals surface area contributed by atoms with Crippen LogP contribution in [-0.4, -0.2) is 33.0 Å². The minimum Gasteiger partial charge on any atom is -0.480 e. The molecule has 0 spiro atoms. The summed E-state index contributed by atoms with van der Waals surface area (Å²) in [4.78, 5) is 31.6. The van der Waals surface area contributed by atoms with Gasteiger partial charge < -0.3 is 10.4 Å². The monoisotopic (exact) mass is 287 g/mol. The molecule has 2 aromatic rings. The minimum atomic E-state index is -1.03. The summed E-state index contributed by atoms with van der Waals surface area (Å²) < 4.78 is 0. The van der Waals surface area contributed by atoms with Crippen LogP contribution in [0.25, 0.3) is 11.0 Å². The van der Waals surface area contributed by atoms with E-state index >= 15 is 0 Å². The molecule has 0 aliphatic rings. The highest BCUT2D eigenvalue weighted by Crippen LogP contribution is 2.12. The smallest absolute Gasteiger partial charge is 0.326 e. The van der Waals surface area contributed by atoms with Gasteiger partial charge in [0.25, 0.3) is 5.91 Å². The first-order chi connectivity index (χ1) is 9.97. The van der Waals surface area contributed by atoms with Crippen LogP contribution in [0.3, 0.4) is 0 Å². The number of carbonyl (C=O) groups excluding carboxylic acids is 1. The van der Waals surface area contributed by atoms with E-state index in [1.807, 2.05) is 13.8 Å². The molecule has 1 aromatic carbocycles. The van der Waals surface area contributed by atoms with E-state index in [0.717, 1.165) is 0 Å². The standard InChI is InChI=1S/C15H17N3O3/c1-9(2)7-13(15(20)21)18-14(19)10-3-4-11-12(8-10)17-6-5-16-11/h3-6,8-9,13H,7H2,1-2H3,(H,18,19)(H,20,21)/t13-/m1/s1. The fourth-order valence-corrected chi connectivity index (χ4v) is 2.04. The summed E-state index contributed by atoms with van der Waals surface area (Å²) in [5.74, 6) is -1.28. The molecule has 1 heterocycles. The predicted molar refractivity (Wildman–Crippen MR) is 77.9 cm³/mol. The number of fused-ring (bicyclic) bond motifs is 1. The number of carbonyl (C=O) groups is 2. The Morgan fingerprint density at radius 1 is 1.19 bits per heavy atom. The van der Waals surface area contributed by atoms with Crippen LogP contribution in [0.2, 0.25) is 0 Å². The Kier molecular flexibility index (Phi) is 4.47. The molecule has 1 amide bonds. The third-order valence-corrected chi connectivity index (χ3v) is 3.04. The van der Waals surface area contributed by atoms with Crippen LogP contribution in [0, 0.1) is 5.92 Å². The van der Waals surface area contributed by atoms with Crippen molar-refractivity contribution in [3.05, 3.63) is 36.2 Å². The molecule has 6 nitrogen and oxygen atoms in total. The maximum Gasteiger partial charge on any atom is 0.326 e. The molecule has 0 aliphatic carbocycles. The van der Waals surface area contributed by atoms with E-state index in [-0.39, 0.29) is 5.92 Å². The van der Waals surface area contributed by atoms with Gasteiger partial charge in [-0.15, -0.1) is 0 Å². The van der Waals surface area contributed by atoms with E-state index in [4.69, 9.17) is 5.11 Å². The Labute approximate surface area is 122 Å². The van der Waals surface area contributed by atoms with Gasteiger partial charge >= 0.3 is 5.97 Å². The molecular weight excluding hydrogens is 270 g/mol. The Morgan fingerprint density at radius 2 is 1.86 bits per heavy atom. The lowest BCUT2D eigenvalue weighted by Gasteiger charge is -2.16. The van der Waals surface area contributed by atoms with Crippen LogP contribution in [0.1, 0.15) is 30.6 Å². The van der Waals surface area contributed by atoms with Gasteiger partial charge in [-0.25, -0.2) is 4.79 Å². The fourth-order valence-electron chi connectivity index (χ4n) is 2.04. The number of hydrogen-bond donors (Lipinski definition) is 2. The molecule has 2 N–H and O–H groups in total. The van der Waals surface area contributed by atoms with E-state index in [0.29, 0.717) is 23.0 Å². The van der Waals surface area contributed by atoms with E-state index < -0.39 is 17.9 Å². The van der Waals surface area contributed by atoms with E-state index in [2.05, 4.69) is 15.3 Å². The predicted octanol–water partition coefficient (Wildman–Crippen LogP) is 1.86. The largest absolute Gasteiger partial charge is 0.480 e. The topological polar surface area (TPSA) is 92.2 Å². The maximum atomic E-state index is 12.2. The molecular formula is C15H17N3O3. The van der Waals surface area contributed by atoms with Gasteiger partial charge in [0.1, 0.15) is 6.04 Å². The number of aromatic nitrogens is 2. The number of nitrogens with zero attached hydrogens (tertiary/aromatic N) is 2. The molecule has 1 atom stereocenters. The van der Waals surface area contributed by atoms with Crippen LogP contribution in [0.15, 0.2) is 30.6 Å². The summed E-state index contributed by atoms with van der Waals surface area (Å²) in [6.07, 6.45) is 3.50. The summed E-state index contributed by atoms with van der Waals surface area (Å²) >= 11 is 0. The average molecular weight is 287 g/mol. The number of carboxylic acid groups (broad SMARTS) is 1. The number of carboxylic acids is 1. The highest BCUT2D eigenvalue weighted by atomic mass is 16.4. The lowest BCUT2D eigenvalue weighted by atomic mass is 10.0. The second-order valence-corrected chi connectivity index (χ2v) is 5.25. The Morgan fingerprint density at radius 3 is 2.48 bits per heavy atom. The normalized spacial score (nSPS) is 12.3. The van der Waals surface area contributed by atoms with Gasteiger partial charge in [-0.05, 0) is 30.5 Å². The Hall–Kier alpha value is -2.50. The first-order valence-corrected chi connectivity index (χ1v) is 6.72. The molecule has 0 fully saturated rings. The molecule has 110 valence electrons. The molecule has 0 saturated heterocycles. The van der Waals surface area contributed by atoms with Gasteiger partial charge in [0.2, 0.25) is 0 Å². The molecule has 0 unspecified atom stereocenters. The van der Waals surface area contributed by atoms with Gasteiger partial charge in [-0.1, -0.05) is 13.8 Å². The zero-order valence-corrected chi connectivity index (χ0v) is 11.9. The van der Waals surface area contributed by atoms with Crippen molar-refractivity contribution < 1.29 is 14.7 Å². The van der Waals surface area contributed by atoms with Crippen molar-refractivity contribution in [2.24, 2.45) is 5.92 Å². The van der Waals surface area contributed by atoms with Crippen molar-refractivity contribution >= 4 is 22.9 Å². The quantitative estimate of drug-likeness (QED) is 0.875. The third kappa shape index (κ3) is 3.75. The number of hydrogen-bond acceptors (Lipinski definition) is 4. The number of benzene rings is 1. The summed E-state index contributed by atoms with van der Waals surface area (Å²) in [7, 11) is 0. The van der Waals surface area contributed by atoms with Gasteiger partial charge in [0.15, 0.2) is 0 Å². The molecule has 21 heavy (non-hydrogen) atoms. The maximum absolute atomic E-state index is 12.2. The van der Waals surface area contributed by atoms with E-state index in [1.165, 1.54) is 0 Å². The number of amides is 1. The van der Waals surface area contributed by atoms with Gasteiger partial charge in [-0.2, -0.15) is 0 Å². The van der Waals surface area contributed by atoms with Crippen LogP contribution in [0.4, 0.5) is 0 Å². The Bertz CT molecular complexity index is 670. The number of aliphatic carboxylic acids is 1. The second kappa shape index (κ2) is 6.30. The summed E-state index contributed by atoms with van der Waals surface area (Å²) in [5.41, 5.74) is 1.66. The van der Waals surface area contributed by atoms with Crippen molar-refractivity contribution in [3.8, 4) is 0 Å². The molecule has 0 aliphatic heterocycles. The van der Waals surface area contributed by atoms with Crippen molar-refractivity contribution in [2.75, 3.05) is 0 Å². The third-order valence-electron chi connectivity index (χ3n) is 3.04. The van der Waals surface area contributed by atoms with Gasteiger partial charge in [0.05, 0.1) is 11.0 Å². The van der Waals surface area contributed by atoms with E-state index in [1.54, 1.807) is 30.6 Å². The fraction of sp³-hybridized carbons (Fsp3) is 0.333. The van der Waals surface area contributed by atoms with Crippen molar-refractivity contribution in [3.63, 3.8) is 0 Å². The van der Waals surface area contributed by atoms with Crippen molar-refractivity contribution in [1.29, 1.82) is 0 Å². The molecule has 0 radical (unpaired) electrons. The first kappa shape index (κ1) is 14.9. The highest BCUT2D eigenvalue weighted by molar-refractivity contribution is 5.99. The summed E-state index contributed by atoms with van der Waals surface area (Å²) in [5, 5.41) is 11.7. The second-order valence-electron chi connectivity index (χ2n) is 5.25.